The number of phenolic OH excluding ortho intramolecular Hbond substituents is 1. The van der Waals surface area contributed by atoms with Crippen LogP contribution in [0.5, 0.6) is 5.75 Å². The molecule has 0 saturated carbocycles. The maximum atomic E-state index is 13.1. The first-order valence-electron chi connectivity index (χ1n) is 8.90. The normalized spacial score (nSPS) is 23.7. The van der Waals surface area contributed by atoms with Crippen LogP contribution in [0, 0.1) is 0 Å². The number of aliphatic imine (C=N–C) groups is 1. The van der Waals surface area contributed by atoms with Gasteiger partial charge in [-0.3, -0.25) is 19.5 Å². The van der Waals surface area contributed by atoms with Crippen molar-refractivity contribution in [2.24, 2.45) is 4.99 Å². The maximum absolute atomic E-state index is 13.1. The molecular weight excluding hydrogens is 386 g/mol. The Kier molecular flexibility index (Phi) is 6.11. The predicted octanol–water partition coefficient (Wildman–Crippen LogP) is 3.35. The van der Waals surface area contributed by atoms with Crippen molar-refractivity contribution < 1.29 is 14.7 Å². The van der Waals surface area contributed by atoms with Crippen LogP contribution in [0.1, 0.15) is 31.7 Å². The highest BCUT2D eigenvalue weighted by Gasteiger charge is 2.40. The number of carbonyl (C=O) groups is 2. The molecule has 2 aliphatic heterocycles. The minimum Gasteiger partial charge on any atom is -0.506 e. The largest absolute Gasteiger partial charge is 0.506 e. The van der Waals surface area contributed by atoms with Gasteiger partial charge in [-0.1, -0.05) is 24.6 Å². The van der Waals surface area contributed by atoms with E-state index in [1.807, 2.05) is 6.92 Å². The lowest BCUT2D eigenvalue weighted by atomic mass is 10.0. The molecule has 0 radical (unpaired) electrons. The van der Waals surface area contributed by atoms with E-state index in [-0.39, 0.29) is 28.6 Å². The Hall–Kier alpha value is -1.99. The molecule has 8 heteroatoms. The van der Waals surface area contributed by atoms with Crippen LogP contribution in [0.2, 0.25) is 5.02 Å². The van der Waals surface area contributed by atoms with E-state index in [1.54, 1.807) is 35.1 Å². The van der Waals surface area contributed by atoms with Gasteiger partial charge in [0.15, 0.2) is 5.17 Å². The van der Waals surface area contributed by atoms with E-state index >= 15 is 0 Å². The second-order valence-electron chi connectivity index (χ2n) is 6.62. The molecule has 2 saturated heterocycles. The van der Waals surface area contributed by atoms with Crippen LogP contribution >= 0.6 is 23.4 Å². The molecule has 2 aliphatic rings. The summed E-state index contributed by atoms with van der Waals surface area (Å²) in [6.45, 7) is 3.29. The highest BCUT2D eigenvalue weighted by molar-refractivity contribution is 8.18. The fourth-order valence-electron chi connectivity index (χ4n) is 3.04. The van der Waals surface area contributed by atoms with Crippen molar-refractivity contribution in [3.8, 4) is 5.75 Å². The fraction of sp³-hybridized carbons (Fsp3) is 0.421. The molecule has 144 valence electrons. The van der Waals surface area contributed by atoms with Crippen LogP contribution in [-0.4, -0.2) is 58.1 Å². The quantitative estimate of drug-likeness (QED) is 0.777. The van der Waals surface area contributed by atoms with Gasteiger partial charge in [-0.2, -0.15) is 0 Å². The average molecular weight is 408 g/mol. The number of thioether (sulfide) groups is 1. The molecule has 2 fully saturated rings. The smallest absolute Gasteiger partial charge is 0.267 e. The first kappa shape index (κ1) is 19.8. The van der Waals surface area contributed by atoms with Crippen molar-refractivity contribution in [1.29, 1.82) is 0 Å². The third-order valence-corrected chi connectivity index (χ3v) is 5.90. The summed E-state index contributed by atoms with van der Waals surface area (Å²) in [6, 6.07) is 4.64. The molecular formula is C19H22ClN3O3S. The van der Waals surface area contributed by atoms with Crippen molar-refractivity contribution in [1.82, 2.24) is 9.80 Å². The molecule has 1 N–H and O–H groups in total. The van der Waals surface area contributed by atoms with Gasteiger partial charge in [-0.15, -0.1) is 0 Å². The van der Waals surface area contributed by atoms with Crippen LogP contribution in [-0.2, 0) is 9.59 Å². The average Bonchev–Trinajstić information content (AvgIpc) is 2.94. The lowest BCUT2D eigenvalue weighted by Crippen LogP contribution is -2.48. The third kappa shape index (κ3) is 4.30. The molecule has 0 aliphatic carbocycles. The maximum Gasteiger partial charge on any atom is 0.267 e. The van der Waals surface area contributed by atoms with Gasteiger partial charge in [-0.05, 0) is 48.4 Å². The molecule has 6 nitrogen and oxygen atoms in total. The molecule has 1 aromatic carbocycles. The number of nitrogens with zero attached hydrogens (tertiary/aromatic N) is 3. The van der Waals surface area contributed by atoms with E-state index < -0.39 is 0 Å². The molecule has 3 rings (SSSR count). The highest BCUT2D eigenvalue weighted by atomic mass is 35.5. The third-order valence-electron chi connectivity index (χ3n) is 4.58. The molecule has 0 bridgehead atoms. The Labute approximate surface area is 167 Å². The number of amides is 2. The highest BCUT2D eigenvalue weighted by Crippen LogP contribution is 2.37. The van der Waals surface area contributed by atoms with Crippen LogP contribution in [0.4, 0.5) is 0 Å². The minimum atomic E-state index is -0.168. The second kappa shape index (κ2) is 8.35. The molecule has 0 aromatic heterocycles. The molecule has 1 atom stereocenters. The number of hydrogen-bond donors (Lipinski definition) is 1. The first-order chi connectivity index (χ1) is 12.9. The van der Waals surface area contributed by atoms with Gasteiger partial charge in [0, 0.05) is 32.6 Å². The van der Waals surface area contributed by atoms with Crippen LogP contribution in [0.3, 0.4) is 0 Å². The summed E-state index contributed by atoms with van der Waals surface area (Å²) in [5.74, 6) is -0.0936. The van der Waals surface area contributed by atoms with E-state index in [2.05, 4.69) is 4.99 Å². The topological polar surface area (TPSA) is 73.2 Å². The lowest BCUT2D eigenvalue weighted by molar-refractivity contribution is -0.135. The summed E-state index contributed by atoms with van der Waals surface area (Å²) in [7, 11) is 1.78. The number of rotatable bonds is 4. The van der Waals surface area contributed by atoms with Crippen LogP contribution in [0.25, 0.3) is 6.08 Å². The number of aromatic hydroxyl groups is 1. The van der Waals surface area contributed by atoms with Gasteiger partial charge < -0.3 is 10.0 Å². The van der Waals surface area contributed by atoms with Gasteiger partial charge >= 0.3 is 0 Å². The molecule has 2 heterocycles. The number of carbonyl (C=O) groups excluding carboxylic acids is 2. The summed E-state index contributed by atoms with van der Waals surface area (Å²) in [5, 5.41) is 10.5. The van der Waals surface area contributed by atoms with Crippen molar-refractivity contribution in [3.05, 3.63) is 33.7 Å². The zero-order valence-corrected chi connectivity index (χ0v) is 16.9. The van der Waals surface area contributed by atoms with E-state index in [4.69, 9.17) is 11.6 Å². The summed E-state index contributed by atoms with van der Waals surface area (Å²) in [5.41, 5.74) is 0.727. The summed E-state index contributed by atoms with van der Waals surface area (Å²) >= 11 is 7.29. The number of halogens is 1. The van der Waals surface area contributed by atoms with Gasteiger partial charge in [0.05, 0.1) is 9.93 Å². The Bertz CT molecular complexity index is 824. The molecule has 1 aromatic rings. The summed E-state index contributed by atoms with van der Waals surface area (Å²) in [6.07, 6.45) is 3.67. The zero-order valence-electron chi connectivity index (χ0n) is 15.3. The summed E-state index contributed by atoms with van der Waals surface area (Å²) < 4.78 is 0. The summed E-state index contributed by atoms with van der Waals surface area (Å²) in [4.78, 5) is 33.7. The Morgan fingerprint density at radius 2 is 2.19 bits per heavy atom. The number of benzene rings is 1. The van der Waals surface area contributed by atoms with E-state index in [0.29, 0.717) is 29.6 Å². The molecule has 0 spiro atoms. The fourth-order valence-corrected chi connectivity index (χ4v) is 4.29. The Morgan fingerprint density at radius 3 is 2.85 bits per heavy atom. The SMILES string of the molecule is CCCN=C1S/C(=C\c2ccc(O)c(Cl)c2)C(=O)N1C1CCN(C)C(=O)C1. The predicted molar refractivity (Wildman–Crippen MR) is 109 cm³/mol. The van der Waals surface area contributed by atoms with Crippen molar-refractivity contribution >= 4 is 46.4 Å². The second-order valence-corrected chi connectivity index (χ2v) is 8.04. The lowest BCUT2D eigenvalue weighted by Gasteiger charge is -2.34. The number of piperidine rings is 1. The van der Waals surface area contributed by atoms with Gasteiger partial charge in [0.25, 0.3) is 5.91 Å². The number of likely N-dealkylation sites (tertiary alicyclic amines) is 1. The zero-order chi connectivity index (χ0) is 19.6. The Balaban J connectivity index is 1.90. The van der Waals surface area contributed by atoms with Crippen molar-refractivity contribution in [3.63, 3.8) is 0 Å². The minimum absolute atomic E-state index is 0.000815. The van der Waals surface area contributed by atoms with Crippen molar-refractivity contribution in [2.75, 3.05) is 20.1 Å². The standard InChI is InChI=1S/C19H22ClN3O3S/c1-3-7-21-19-23(13-6-8-22(2)17(25)11-13)18(26)16(27-19)10-12-4-5-15(24)14(20)9-12/h4-5,9-10,13,24H,3,6-8,11H2,1-2H3/b16-10-,21-19?. The van der Waals surface area contributed by atoms with Gasteiger partial charge in [0.2, 0.25) is 5.91 Å². The molecule has 27 heavy (non-hydrogen) atoms. The Morgan fingerprint density at radius 1 is 1.41 bits per heavy atom. The van der Waals surface area contributed by atoms with Crippen molar-refractivity contribution in [2.45, 2.75) is 32.2 Å². The number of hydrogen-bond acceptors (Lipinski definition) is 5. The van der Waals surface area contributed by atoms with Crippen LogP contribution in [0.15, 0.2) is 28.1 Å². The van der Waals surface area contributed by atoms with E-state index in [1.165, 1.54) is 17.8 Å². The van der Waals surface area contributed by atoms with Gasteiger partial charge in [-0.25, -0.2) is 0 Å². The van der Waals surface area contributed by atoms with Gasteiger partial charge in [0.1, 0.15) is 5.75 Å². The molecule has 1 unspecified atom stereocenters. The number of amidine groups is 1. The number of phenols is 1. The molecule has 2 amide bonds. The monoisotopic (exact) mass is 407 g/mol. The first-order valence-corrected chi connectivity index (χ1v) is 10.1. The van der Waals surface area contributed by atoms with E-state index in [9.17, 15) is 14.7 Å². The van der Waals surface area contributed by atoms with E-state index in [0.717, 1.165) is 18.4 Å². The van der Waals surface area contributed by atoms with Crippen LogP contribution < -0.4 is 0 Å².